The summed E-state index contributed by atoms with van der Waals surface area (Å²) in [6.07, 6.45) is 1.87. The number of nitro groups is 1. The number of aromatic nitrogens is 1. The molecule has 1 amide bonds. The number of aromatic hydroxyl groups is 1. The molecule has 7 nitrogen and oxygen atoms in total. The average Bonchev–Trinajstić information content (AvgIpc) is 2.83. The van der Waals surface area contributed by atoms with E-state index in [2.05, 4.69) is 0 Å². The number of hydrogen-bond acceptors (Lipinski definition) is 4. The highest BCUT2D eigenvalue weighted by Gasteiger charge is 2.19. The first-order valence-electron chi connectivity index (χ1n) is 6.23. The highest BCUT2D eigenvalue weighted by molar-refractivity contribution is 5.95. The van der Waals surface area contributed by atoms with Gasteiger partial charge in [-0.2, -0.15) is 0 Å². The number of benzene rings is 1. The van der Waals surface area contributed by atoms with Gasteiger partial charge in [0.1, 0.15) is 0 Å². The maximum absolute atomic E-state index is 12.3. The van der Waals surface area contributed by atoms with E-state index in [1.165, 1.54) is 11.0 Å². The molecule has 1 aromatic carbocycles. The summed E-state index contributed by atoms with van der Waals surface area (Å²) in [6.45, 7) is 0.386. The SMILES string of the molecule is CN(Cc1cccn1C)C(=O)c1ccc(O)c([N+](=O)[O-])c1. The topological polar surface area (TPSA) is 88.6 Å². The predicted octanol–water partition coefficient (Wildman–Crippen LogP) is 1.91. The number of amides is 1. The molecule has 1 heterocycles. The van der Waals surface area contributed by atoms with Gasteiger partial charge in [0.15, 0.2) is 5.75 Å². The molecule has 1 aromatic heterocycles. The lowest BCUT2D eigenvalue weighted by atomic mass is 10.1. The highest BCUT2D eigenvalue weighted by atomic mass is 16.6. The monoisotopic (exact) mass is 289 g/mol. The van der Waals surface area contributed by atoms with Gasteiger partial charge in [-0.05, 0) is 24.3 Å². The second-order valence-electron chi connectivity index (χ2n) is 4.73. The Balaban J connectivity index is 2.21. The fourth-order valence-corrected chi connectivity index (χ4v) is 2.00. The molecule has 21 heavy (non-hydrogen) atoms. The molecular weight excluding hydrogens is 274 g/mol. The molecule has 0 saturated carbocycles. The lowest BCUT2D eigenvalue weighted by Gasteiger charge is -2.17. The Hall–Kier alpha value is -2.83. The zero-order chi connectivity index (χ0) is 15.6. The van der Waals surface area contributed by atoms with Crippen LogP contribution in [-0.4, -0.2) is 32.5 Å². The van der Waals surface area contributed by atoms with Gasteiger partial charge in [0.05, 0.1) is 11.5 Å². The number of aryl methyl sites for hydroxylation is 1. The Bertz CT molecular complexity index is 693. The Morgan fingerprint density at radius 2 is 2.14 bits per heavy atom. The molecule has 0 fully saturated rings. The Morgan fingerprint density at radius 3 is 2.71 bits per heavy atom. The molecule has 1 N–H and O–H groups in total. The maximum atomic E-state index is 12.3. The van der Waals surface area contributed by atoms with Gasteiger partial charge in [0.25, 0.3) is 5.91 Å². The summed E-state index contributed by atoms with van der Waals surface area (Å²) in [6, 6.07) is 7.37. The Kier molecular flexibility index (Phi) is 3.93. The normalized spacial score (nSPS) is 10.4. The minimum Gasteiger partial charge on any atom is -0.502 e. The van der Waals surface area contributed by atoms with Crippen molar-refractivity contribution in [3.8, 4) is 5.75 Å². The van der Waals surface area contributed by atoms with Gasteiger partial charge in [-0.25, -0.2) is 0 Å². The van der Waals surface area contributed by atoms with Crippen molar-refractivity contribution in [2.24, 2.45) is 7.05 Å². The van der Waals surface area contributed by atoms with Crippen LogP contribution in [0.5, 0.6) is 5.75 Å². The number of rotatable bonds is 4. The first-order chi connectivity index (χ1) is 9.90. The number of carbonyl (C=O) groups excluding carboxylic acids is 1. The van der Waals surface area contributed by atoms with Gasteiger partial charge in [-0.15, -0.1) is 0 Å². The van der Waals surface area contributed by atoms with Crippen LogP contribution in [0.4, 0.5) is 5.69 Å². The van der Waals surface area contributed by atoms with E-state index in [1.54, 1.807) is 7.05 Å². The first-order valence-corrected chi connectivity index (χ1v) is 6.23. The summed E-state index contributed by atoms with van der Waals surface area (Å²) < 4.78 is 1.89. The van der Waals surface area contributed by atoms with E-state index in [-0.39, 0.29) is 11.5 Å². The summed E-state index contributed by atoms with van der Waals surface area (Å²) in [7, 11) is 3.49. The highest BCUT2D eigenvalue weighted by Crippen LogP contribution is 2.26. The maximum Gasteiger partial charge on any atom is 0.311 e. The van der Waals surface area contributed by atoms with Crippen molar-refractivity contribution in [2.45, 2.75) is 6.54 Å². The van der Waals surface area contributed by atoms with Crippen molar-refractivity contribution >= 4 is 11.6 Å². The van der Waals surface area contributed by atoms with Crippen molar-refractivity contribution in [2.75, 3.05) is 7.05 Å². The van der Waals surface area contributed by atoms with Crippen LogP contribution in [0, 0.1) is 10.1 Å². The van der Waals surface area contributed by atoms with Crippen LogP contribution in [0.15, 0.2) is 36.5 Å². The Labute approximate surface area is 121 Å². The summed E-state index contributed by atoms with van der Waals surface area (Å²) in [5, 5.41) is 20.2. The fraction of sp³-hybridized carbons (Fsp3) is 0.214. The minimum atomic E-state index is -0.719. The molecule has 7 heteroatoms. The van der Waals surface area contributed by atoms with E-state index >= 15 is 0 Å². The molecule has 0 bridgehead atoms. The molecule has 0 saturated heterocycles. The second kappa shape index (κ2) is 5.66. The van der Waals surface area contributed by atoms with Crippen LogP contribution >= 0.6 is 0 Å². The second-order valence-corrected chi connectivity index (χ2v) is 4.73. The van der Waals surface area contributed by atoms with Gasteiger partial charge in [0, 0.05) is 37.6 Å². The zero-order valence-electron chi connectivity index (χ0n) is 11.7. The van der Waals surface area contributed by atoms with Gasteiger partial charge in [0.2, 0.25) is 0 Å². The van der Waals surface area contributed by atoms with Crippen molar-refractivity contribution in [3.63, 3.8) is 0 Å². The lowest BCUT2D eigenvalue weighted by molar-refractivity contribution is -0.385. The van der Waals surface area contributed by atoms with Crippen LogP contribution in [0.3, 0.4) is 0 Å². The molecule has 2 rings (SSSR count). The van der Waals surface area contributed by atoms with E-state index in [4.69, 9.17) is 0 Å². The molecule has 0 atom stereocenters. The third kappa shape index (κ3) is 3.02. The van der Waals surface area contributed by atoms with Crippen molar-refractivity contribution in [1.29, 1.82) is 0 Å². The molecule has 0 aliphatic rings. The van der Waals surface area contributed by atoms with Crippen LogP contribution in [0.1, 0.15) is 16.1 Å². The van der Waals surface area contributed by atoms with E-state index in [0.29, 0.717) is 6.54 Å². The standard InChI is InChI=1S/C14H15N3O4/c1-15-7-3-4-11(15)9-16(2)14(19)10-5-6-13(18)12(8-10)17(20)21/h3-8,18H,9H2,1-2H3. The van der Waals surface area contributed by atoms with Crippen LogP contribution < -0.4 is 0 Å². The molecule has 0 spiro atoms. The number of hydrogen-bond donors (Lipinski definition) is 1. The number of nitrogens with zero attached hydrogens (tertiary/aromatic N) is 3. The van der Waals surface area contributed by atoms with E-state index in [1.807, 2.05) is 29.9 Å². The van der Waals surface area contributed by atoms with Gasteiger partial charge in [-0.1, -0.05) is 0 Å². The van der Waals surface area contributed by atoms with Gasteiger partial charge in [-0.3, -0.25) is 14.9 Å². The number of phenols is 1. The summed E-state index contributed by atoms with van der Waals surface area (Å²) in [4.78, 5) is 23.8. The minimum absolute atomic E-state index is 0.163. The molecule has 0 radical (unpaired) electrons. The average molecular weight is 289 g/mol. The number of nitro benzene ring substituents is 1. The van der Waals surface area contributed by atoms with Crippen LogP contribution in [0.25, 0.3) is 0 Å². The predicted molar refractivity (Wildman–Crippen MR) is 76.0 cm³/mol. The molecule has 2 aromatic rings. The molecular formula is C14H15N3O4. The van der Waals surface area contributed by atoms with Crippen molar-refractivity contribution in [3.05, 3.63) is 57.9 Å². The zero-order valence-corrected chi connectivity index (χ0v) is 11.7. The van der Waals surface area contributed by atoms with Crippen LogP contribution in [0.2, 0.25) is 0 Å². The fourth-order valence-electron chi connectivity index (χ4n) is 2.00. The summed E-state index contributed by atoms with van der Waals surface area (Å²) in [5.41, 5.74) is 0.628. The summed E-state index contributed by atoms with van der Waals surface area (Å²) >= 11 is 0. The molecule has 0 aliphatic heterocycles. The lowest BCUT2D eigenvalue weighted by Crippen LogP contribution is -2.27. The summed E-state index contributed by atoms with van der Waals surface area (Å²) in [5.74, 6) is -0.805. The van der Waals surface area contributed by atoms with Gasteiger partial charge < -0.3 is 14.6 Å². The van der Waals surface area contributed by atoms with Crippen molar-refractivity contribution in [1.82, 2.24) is 9.47 Å². The number of phenolic OH excluding ortho intramolecular Hbond substituents is 1. The largest absolute Gasteiger partial charge is 0.502 e. The molecule has 0 aliphatic carbocycles. The third-order valence-electron chi connectivity index (χ3n) is 3.22. The van der Waals surface area contributed by atoms with E-state index < -0.39 is 16.4 Å². The van der Waals surface area contributed by atoms with Crippen molar-refractivity contribution < 1.29 is 14.8 Å². The van der Waals surface area contributed by atoms with Crippen LogP contribution in [-0.2, 0) is 13.6 Å². The Morgan fingerprint density at radius 1 is 1.43 bits per heavy atom. The number of carbonyl (C=O) groups is 1. The smallest absolute Gasteiger partial charge is 0.311 e. The van der Waals surface area contributed by atoms with E-state index in [0.717, 1.165) is 17.8 Å². The molecule has 0 unspecified atom stereocenters. The molecule has 110 valence electrons. The first kappa shape index (κ1) is 14.6. The quantitative estimate of drug-likeness (QED) is 0.687. The third-order valence-corrected chi connectivity index (χ3v) is 3.22. The van der Waals surface area contributed by atoms with Gasteiger partial charge >= 0.3 is 5.69 Å². The van der Waals surface area contributed by atoms with E-state index in [9.17, 15) is 20.0 Å².